The fourth-order valence-electron chi connectivity index (χ4n) is 1.96. The highest BCUT2D eigenvalue weighted by atomic mass is 15.1. The molecular weight excluding hydrogens is 170 g/mol. The maximum atomic E-state index is 2.49. The first-order valence-corrected chi connectivity index (χ1v) is 5.27. The lowest BCUT2D eigenvalue weighted by Gasteiger charge is -2.26. The van der Waals surface area contributed by atoms with Crippen LogP contribution in [0.1, 0.15) is 12.5 Å². The zero-order valence-electron chi connectivity index (χ0n) is 8.69. The van der Waals surface area contributed by atoms with Gasteiger partial charge in [-0.15, -0.1) is 0 Å². The van der Waals surface area contributed by atoms with Crippen LogP contribution in [0.4, 0.5) is 0 Å². The average Bonchev–Trinajstić information content (AvgIpc) is 2.19. The molecule has 1 aliphatic heterocycles. The van der Waals surface area contributed by atoms with Crippen LogP contribution in [0.15, 0.2) is 42.5 Å². The molecule has 74 valence electrons. The van der Waals surface area contributed by atoms with Crippen molar-refractivity contribution in [1.29, 1.82) is 0 Å². The lowest BCUT2D eigenvalue weighted by Crippen LogP contribution is -2.30. The SMILES string of the molecule is C[C@H]1C=CCN(Cc2ccccc2)C1. The van der Waals surface area contributed by atoms with Gasteiger partial charge >= 0.3 is 0 Å². The third-order valence-electron chi connectivity index (χ3n) is 2.62. The van der Waals surface area contributed by atoms with Crippen molar-refractivity contribution in [3.8, 4) is 0 Å². The predicted octanol–water partition coefficient (Wildman–Crippen LogP) is 2.69. The molecule has 1 heterocycles. The standard InChI is InChI=1S/C13H17N/c1-12-6-5-9-14(10-12)11-13-7-3-2-4-8-13/h2-8,12H,9-11H2,1H3/t12-/m0/s1. The summed E-state index contributed by atoms with van der Waals surface area (Å²) in [5.41, 5.74) is 1.41. The maximum absolute atomic E-state index is 2.49. The molecule has 2 rings (SSSR count). The Kier molecular flexibility index (Phi) is 3.00. The number of nitrogens with zero attached hydrogens (tertiary/aromatic N) is 1. The van der Waals surface area contributed by atoms with Gasteiger partial charge in [-0.2, -0.15) is 0 Å². The highest BCUT2D eigenvalue weighted by Gasteiger charge is 2.11. The van der Waals surface area contributed by atoms with Gasteiger partial charge in [-0.1, -0.05) is 49.4 Å². The molecule has 0 saturated carbocycles. The minimum absolute atomic E-state index is 0.701. The van der Waals surface area contributed by atoms with Crippen LogP contribution in [0, 0.1) is 5.92 Å². The molecule has 1 aromatic rings. The normalized spacial score (nSPS) is 22.5. The minimum atomic E-state index is 0.701. The summed E-state index contributed by atoms with van der Waals surface area (Å²) in [6.45, 7) is 5.63. The van der Waals surface area contributed by atoms with Gasteiger partial charge in [0.1, 0.15) is 0 Å². The van der Waals surface area contributed by atoms with Crippen molar-refractivity contribution in [1.82, 2.24) is 4.90 Å². The van der Waals surface area contributed by atoms with Crippen LogP contribution in [0.25, 0.3) is 0 Å². The molecule has 1 nitrogen and oxygen atoms in total. The first-order chi connectivity index (χ1) is 6.84. The van der Waals surface area contributed by atoms with Crippen LogP contribution in [0.5, 0.6) is 0 Å². The Morgan fingerprint density at radius 1 is 1.29 bits per heavy atom. The number of rotatable bonds is 2. The van der Waals surface area contributed by atoms with Gasteiger partial charge in [0.2, 0.25) is 0 Å². The number of hydrogen-bond donors (Lipinski definition) is 0. The highest BCUT2D eigenvalue weighted by molar-refractivity contribution is 5.15. The van der Waals surface area contributed by atoms with E-state index in [9.17, 15) is 0 Å². The molecule has 0 radical (unpaired) electrons. The van der Waals surface area contributed by atoms with Crippen LogP contribution in [0.3, 0.4) is 0 Å². The average molecular weight is 187 g/mol. The Morgan fingerprint density at radius 3 is 2.79 bits per heavy atom. The zero-order valence-corrected chi connectivity index (χ0v) is 8.69. The molecule has 1 aliphatic rings. The van der Waals surface area contributed by atoms with E-state index in [0.29, 0.717) is 5.92 Å². The molecule has 1 atom stereocenters. The van der Waals surface area contributed by atoms with E-state index < -0.39 is 0 Å². The summed E-state index contributed by atoms with van der Waals surface area (Å²) in [5.74, 6) is 0.701. The summed E-state index contributed by atoms with van der Waals surface area (Å²) in [6, 6.07) is 10.7. The fourth-order valence-corrected chi connectivity index (χ4v) is 1.96. The maximum Gasteiger partial charge on any atom is 0.0237 e. The van der Waals surface area contributed by atoms with Gasteiger partial charge in [-0.05, 0) is 11.5 Å². The second-order valence-electron chi connectivity index (χ2n) is 4.09. The van der Waals surface area contributed by atoms with Crippen LogP contribution in [-0.4, -0.2) is 18.0 Å². The van der Waals surface area contributed by atoms with Gasteiger partial charge in [-0.3, -0.25) is 4.90 Å². The molecular formula is C13H17N. The molecule has 1 heteroatoms. The minimum Gasteiger partial charge on any atom is -0.295 e. The van der Waals surface area contributed by atoms with Gasteiger partial charge in [0, 0.05) is 19.6 Å². The molecule has 1 aromatic carbocycles. The van der Waals surface area contributed by atoms with E-state index in [1.165, 1.54) is 12.1 Å². The second kappa shape index (κ2) is 4.43. The van der Waals surface area contributed by atoms with Gasteiger partial charge in [0.25, 0.3) is 0 Å². The quantitative estimate of drug-likeness (QED) is 0.643. The highest BCUT2D eigenvalue weighted by Crippen LogP contribution is 2.11. The van der Waals surface area contributed by atoms with Crippen LogP contribution < -0.4 is 0 Å². The predicted molar refractivity (Wildman–Crippen MR) is 60.0 cm³/mol. The van der Waals surface area contributed by atoms with E-state index in [1.807, 2.05) is 0 Å². The van der Waals surface area contributed by atoms with Crippen molar-refractivity contribution in [3.05, 3.63) is 48.0 Å². The first kappa shape index (κ1) is 9.47. The Bertz CT molecular complexity index is 302. The van der Waals surface area contributed by atoms with Gasteiger partial charge < -0.3 is 0 Å². The van der Waals surface area contributed by atoms with Crippen molar-refractivity contribution in [2.45, 2.75) is 13.5 Å². The van der Waals surface area contributed by atoms with Crippen molar-refractivity contribution >= 4 is 0 Å². The van der Waals surface area contributed by atoms with E-state index in [4.69, 9.17) is 0 Å². The van der Waals surface area contributed by atoms with Crippen LogP contribution >= 0.6 is 0 Å². The Morgan fingerprint density at radius 2 is 2.07 bits per heavy atom. The molecule has 0 aliphatic carbocycles. The van der Waals surface area contributed by atoms with Crippen molar-refractivity contribution in [2.24, 2.45) is 5.92 Å². The molecule has 0 amide bonds. The number of hydrogen-bond acceptors (Lipinski definition) is 1. The molecule has 0 saturated heterocycles. The van der Waals surface area contributed by atoms with Gasteiger partial charge in [-0.25, -0.2) is 0 Å². The monoisotopic (exact) mass is 187 g/mol. The van der Waals surface area contributed by atoms with Crippen LogP contribution in [-0.2, 0) is 6.54 Å². The third-order valence-corrected chi connectivity index (χ3v) is 2.62. The summed E-state index contributed by atoms with van der Waals surface area (Å²) in [5, 5.41) is 0. The lowest BCUT2D eigenvalue weighted by atomic mass is 10.1. The molecule has 0 bridgehead atoms. The molecule has 0 unspecified atom stereocenters. The molecule has 0 N–H and O–H groups in total. The first-order valence-electron chi connectivity index (χ1n) is 5.27. The topological polar surface area (TPSA) is 3.24 Å². The van der Waals surface area contributed by atoms with Crippen molar-refractivity contribution < 1.29 is 0 Å². The summed E-state index contributed by atoms with van der Waals surface area (Å²) < 4.78 is 0. The molecule has 0 fully saturated rings. The zero-order chi connectivity index (χ0) is 9.80. The van der Waals surface area contributed by atoms with E-state index in [0.717, 1.165) is 13.1 Å². The summed E-state index contributed by atoms with van der Waals surface area (Å²) in [4.78, 5) is 2.49. The summed E-state index contributed by atoms with van der Waals surface area (Å²) in [7, 11) is 0. The largest absolute Gasteiger partial charge is 0.295 e. The van der Waals surface area contributed by atoms with Crippen molar-refractivity contribution in [3.63, 3.8) is 0 Å². The third kappa shape index (κ3) is 2.46. The van der Waals surface area contributed by atoms with E-state index in [1.54, 1.807) is 0 Å². The second-order valence-corrected chi connectivity index (χ2v) is 4.09. The molecule has 14 heavy (non-hydrogen) atoms. The molecule has 0 aromatic heterocycles. The van der Waals surface area contributed by atoms with Gasteiger partial charge in [0.05, 0.1) is 0 Å². The van der Waals surface area contributed by atoms with Crippen LogP contribution in [0.2, 0.25) is 0 Å². The van der Waals surface area contributed by atoms with E-state index >= 15 is 0 Å². The summed E-state index contributed by atoms with van der Waals surface area (Å²) >= 11 is 0. The lowest BCUT2D eigenvalue weighted by molar-refractivity contribution is 0.258. The number of benzene rings is 1. The smallest absolute Gasteiger partial charge is 0.0237 e. The fraction of sp³-hybridized carbons (Fsp3) is 0.385. The van der Waals surface area contributed by atoms with E-state index in [2.05, 4.69) is 54.3 Å². The Balaban J connectivity index is 1.96. The Labute approximate surface area is 86.1 Å². The van der Waals surface area contributed by atoms with Gasteiger partial charge in [0.15, 0.2) is 0 Å². The molecule has 0 spiro atoms. The van der Waals surface area contributed by atoms with Crippen molar-refractivity contribution in [2.75, 3.05) is 13.1 Å². The van der Waals surface area contributed by atoms with E-state index in [-0.39, 0.29) is 0 Å². The summed E-state index contributed by atoms with van der Waals surface area (Å²) in [6.07, 6.45) is 4.58. The Hall–Kier alpha value is -1.08.